The maximum absolute atomic E-state index is 5.90. The fraction of sp³-hybridized carbons (Fsp3) is 0. The molecule has 0 spiro atoms. The zero-order valence-electron chi connectivity index (χ0n) is 9.48. The Labute approximate surface area is 109 Å². The SMILES string of the molecule is C=CC1=c2c(nc(Cl)nc2=C)-c2ccccc2O1. The van der Waals surface area contributed by atoms with Crippen molar-refractivity contribution in [2.45, 2.75) is 0 Å². The van der Waals surface area contributed by atoms with Gasteiger partial charge in [-0.2, -0.15) is 0 Å². The maximum Gasteiger partial charge on any atom is 0.223 e. The van der Waals surface area contributed by atoms with Crippen LogP contribution >= 0.6 is 11.6 Å². The molecule has 0 radical (unpaired) electrons. The van der Waals surface area contributed by atoms with E-state index >= 15 is 0 Å². The molecule has 0 N–H and O–H groups in total. The third-order valence-electron chi connectivity index (χ3n) is 2.75. The van der Waals surface area contributed by atoms with Crippen LogP contribution < -0.4 is 15.3 Å². The van der Waals surface area contributed by atoms with Crippen molar-refractivity contribution in [3.8, 4) is 17.0 Å². The van der Waals surface area contributed by atoms with Crippen molar-refractivity contribution < 1.29 is 4.74 Å². The van der Waals surface area contributed by atoms with Gasteiger partial charge in [0.1, 0.15) is 11.5 Å². The molecule has 2 aromatic rings. The molecule has 18 heavy (non-hydrogen) atoms. The fourth-order valence-electron chi connectivity index (χ4n) is 2.00. The molecule has 0 atom stereocenters. The van der Waals surface area contributed by atoms with E-state index in [0.29, 0.717) is 11.1 Å². The molecule has 0 bridgehead atoms. The lowest BCUT2D eigenvalue weighted by Crippen LogP contribution is -2.35. The first-order valence-electron chi connectivity index (χ1n) is 5.37. The Morgan fingerprint density at radius 3 is 2.78 bits per heavy atom. The molecule has 3 rings (SSSR count). The average Bonchev–Trinajstić information content (AvgIpc) is 2.37. The second-order valence-corrected chi connectivity index (χ2v) is 4.17. The highest BCUT2D eigenvalue weighted by Gasteiger charge is 2.19. The molecular formula is C14H9ClN2O. The van der Waals surface area contributed by atoms with Gasteiger partial charge in [0.05, 0.1) is 16.3 Å². The van der Waals surface area contributed by atoms with E-state index in [2.05, 4.69) is 23.1 Å². The van der Waals surface area contributed by atoms with Crippen LogP contribution in [0.2, 0.25) is 5.28 Å². The number of benzene rings is 1. The Hall–Kier alpha value is -2.13. The Morgan fingerprint density at radius 1 is 1.22 bits per heavy atom. The molecule has 0 amide bonds. The van der Waals surface area contributed by atoms with Gasteiger partial charge in [-0.25, -0.2) is 9.97 Å². The van der Waals surface area contributed by atoms with E-state index in [1.165, 1.54) is 0 Å². The number of halogens is 1. The summed E-state index contributed by atoms with van der Waals surface area (Å²) in [7, 11) is 0. The largest absolute Gasteiger partial charge is 0.456 e. The lowest BCUT2D eigenvalue weighted by atomic mass is 10.1. The molecule has 1 aromatic carbocycles. The lowest BCUT2D eigenvalue weighted by Gasteiger charge is -2.17. The molecule has 3 nitrogen and oxygen atoms in total. The third-order valence-corrected chi connectivity index (χ3v) is 2.92. The molecule has 0 aliphatic carbocycles. The molecule has 1 aliphatic heterocycles. The molecule has 1 aromatic heterocycles. The number of hydrogen-bond acceptors (Lipinski definition) is 3. The van der Waals surface area contributed by atoms with E-state index in [9.17, 15) is 0 Å². The summed E-state index contributed by atoms with van der Waals surface area (Å²) in [6.07, 6.45) is 1.63. The second-order valence-electron chi connectivity index (χ2n) is 3.83. The molecule has 0 fully saturated rings. The zero-order chi connectivity index (χ0) is 12.7. The van der Waals surface area contributed by atoms with Crippen LogP contribution in [0.5, 0.6) is 5.75 Å². The standard InChI is InChI=1S/C14H9ClN2O/c1-3-10-12-8(2)16-14(15)17-13(12)9-6-4-5-7-11(9)18-10/h3-7H,1-2H2. The minimum absolute atomic E-state index is 0.180. The van der Waals surface area contributed by atoms with Crippen molar-refractivity contribution in [3.63, 3.8) is 0 Å². The summed E-state index contributed by atoms with van der Waals surface area (Å²) in [6.45, 7) is 7.62. The highest BCUT2D eigenvalue weighted by molar-refractivity contribution is 6.28. The van der Waals surface area contributed by atoms with Crippen LogP contribution in [0, 0.1) is 0 Å². The van der Waals surface area contributed by atoms with Crippen molar-refractivity contribution in [1.82, 2.24) is 9.97 Å². The summed E-state index contributed by atoms with van der Waals surface area (Å²) in [5.74, 6) is 1.33. The summed E-state index contributed by atoms with van der Waals surface area (Å²) < 4.78 is 5.76. The van der Waals surface area contributed by atoms with E-state index < -0.39 is 0 Å². The Kier molecular flexibility index (Phi) is 2.42. The van der Waals surface area contributed by atoms with Crippen molar-refractivity contribution in [1.29, 1.82) is 0 Å². The maximum atomic E-state index is 5.90. The van der Waals surface area contributed by atoms with Gasteiger partial charge in [-0.3, -0.25) is 0 Å². The highest BCUT2D eigenvalue weighted by Crippen LogP contribution is 2.31. The summed E-state index contributed by atoms with van der Waals surface area (Å²) in [6, 6.07) is 7.62. The minimum Gasteiger partial charge on any atom is -0.456 e. The number of fused-ring (bicyclic) bond motifs is 3. The number of para-hydroxylation sites is 1. The van der Waals surface area contributed by atoms with Gasteiger partial charge in [0.2, 0.25) is 5.28 Å². The fourth-order valence-corrected chi connectivity index (χ4v) is 2.18. The number of hydrogen-bond donors (Lipinski definition) is 0. The predicted octanol–water partition coefficient (Wildman–Crippen LogP) is 1.89. The van der Waals surface area contributed by atoms with Gasteiger partial charge in [0.15, 0.2) is 0 Å². The van der Waals surface area contributed by atoms with Gasteiger partial charge in [0.25, 0.3) is 0 Å². The molecular weight excluding hydrogens is 248 g/mol. The third kappa shape index (κ3) is 1.52. The van der Waals surface area contributed by atoms with Gasteiger partial charge in [-0.1, -0.05) is 25.3 Å². The first-order chi connectivity index (χ1) is 8.70. The van der Waals surface area contributed by atoms with Crippen molar-refractivity contribution in [2.24, 2.45) is 0 Å². The molecule has 0 unspecified atom stereocenters. The molecule has 88 valence electrons. The van der Waals surface area contributed by atoms with E-state index in [4.69, 9.17) is 16.3 Å². The van der Waals surface area contributed by atoms with Crippen molar-refractivity contribution in [3.05, 3.63) is 52.8 Å². The van der Waals surface area contributed by atoms with Crippen LogP contribution in [-0.4, -0.2) is 9.97 Å². The Morgan fingerprint density at radius 2 is 2.00 bits per heavy atom. The summed E-state index contributed by atoms with van der Waals surface area (Å²) in [5, 5.41) is 1.46. The van der Waals surface area contributed by atoms with Gasteiger partial charge >= 0.3 is 0 Å². The van der Waals surface area contributed by atoms with E-state index in [-0.39, 0.29) is 5.28 Å². The quantitative estimate of drug-likeness (QED) is 0.731. The van der Waals surface area contributed by atoms with Crippen molar-refractivity contribution >= 4 is 23.9 Å². The minimum atomic E-state index is 0.180. The number of nitrogens with zero attached hydrogens (tertiary/aromatic N) is 2. The van der Waals surface area contributed by atoms with Gasteiger partial charge < -0.3 is 4.74 Å². The first-order valence-corrected chi connectivity index (χ1v) is 5.75. The highest BCUT2D eigenvalue weighted by atomic mass is 35.5. The predicted molar refractivity (Wildman–Crippen MR) is 71.5 cm³/mol. The van der Waals surface area contributed by atoms with Crippen LogP contribution in [0.4, 0.5) is 0 Å². The van der Waals surface area contributed by atoms with Crippen LogP contribution in [0.15, 0.2) is 36.9 Å². The molecule has 1 aliphatic rings. The average molecular weight is 257 g/mol. The second kappa shape index (κ2) is 3.96. The molecule has 0 saturated heterocycles. The van der Waals surface area contributed by atoms with E-state index in [1.807, 2.05) is 24.3 Å². The smallest absolute Gasteiger partial charge is 0.223 e. The van der Waals surface area contributed by atoms with Crippen LogP contribution in [0.3, 0.4) is 0 Å². The number of aromatic nitrogens is 2. The summed E-state index contributed by atoms with van der Waals surface area (Å²) >= 11 is 5.90. The van der Waals surface area contributed by atoms with Crippen molar-refractivity contribution in [2.75, 3.05) is 0 Å². The van der Waals surface area contributed by atoms with Crippen LogP contribution in [-0.2, 0) is 0 Å². The van der Waals surface area contributed by atoms with E-state index in [0.717, 1.165) is 22.2 Å². The number of ether oxygens (including phenoxy) is 1. The molecule has 4 heteroatoms. The zero-order valence-corrected chi connectivity index (χ0v) is 10.2. The normalized spacial score (nSPS) is 12.4. The molecule has 2 heterocycles. The topological polar surface area (TPSA) is 35.0 Å². The lowest BCUT2D eigenvalue weighted by molar-refractivity contribution is 0.511. The van der Waals surface area contributed by atoms with Crippen LogP contribution in [0.1, 0.15) is 0 Å². The van der Waals surface area contributed by atoms with Gasteiger partial charge in [0, 0.05) is 5.56 Å². The summed E-state index contributed by atoms with van der Waals surface area (Å²) in [4.78, 5) is 8.33. The monoisotopic (exact) mass is 256 g/mol. The Balaban J connectivity index is 2.52. The van der Waals surface area contributed by atoms with E-state index in [1.54, 1.807) is 6.08 Å². The van der Waals surface area contributed by atoms with Gasteiger partial charge in [-0.15, -0.1) is 0 Å². The van der Waals surface area contributed by atoms with Crippen LogP contribution in [0.25, 0.3) is 23.6 Å². The van der Waals surface area contributed by atoms with Gasteiger partial charge in [-0.05, 0) is 29.8 Å². The number of rotatable bonds is 1. The Bertz CT molecular complexity index is 768. The molecule has 0 saturated carbocycles. The summed E-state index contributed by atoms with van der Waals surface area (Å²) in [5.41, 5.74) is 1.61. The first kappa shape index (κ1) is 11.0.